The van der Waals surface area contributed by atoms with E-state index in [2.05, 4.69) is 10.6 Å². The van der Waals surface area contributed by atoms with E-state index >= 15 is 0 Å². The highest BCUT2D eigenvalue weighted by molar-refractivity contribution is 5.93. The maximum atomic E-state index is 10.9. The zero-order valence-electron chi connectivity index (χ0n) is 11.6. The van der Waals surface area contributed by atoms with Crippen LogP contribution in [0.4, 0.5) is 5.69 Å². The highest BCUT2D eigenvalue weighted by Crippen LogP contribution is 2.03. The van der Waals surface area contributed by atoms with Crippen LogP contribution in [-0.2, 0) is 4.79 Å². The Balaban J connectivity index is 0.000000200. The van der Waals surface area contributed by atoms with Crippen molar-refractivity contribution >= 4 is 17.5 Å². The summed E-state index contributed by atoms with van der Waals surface area (Å²) >= 11 is 0. The smallest absolute Gasteiger partial charge is 0.251 e. The molecule has 0 unspecified atom stereocenters. The molecule has 0 aromatic heterocycles. The second kappa shape index (κ2) is 8.48. The van der Waals surface area contributed by atoms with Gasteiger partial charge in [0.2, 0.25) is 5.91 Å². The van der Waals surface area contributed by atoms with Gasteiger partial charge in [0, 0.05) is 25.2 Å². The number of hydrogen-bond donors (Lipinski definition) is 2. The van der Waals surface area contributed by atoms with E-state index in [-0.39, 0.29) is 11.8 Å². The Morgan fingerprint density at radius 3 is 1.80 bits per heavy atom. The van der Waals surface area contributed by atoms with Crippen LogP contribution in [0.5, 0.6) is 0 Å². The highest BCUT2D eigenvalue weighted by atomic mass is 16.2. The van der Waals surface area contributed by atoms with Gasteiger partial charge in [-0.3, -0.25) is 9.59 Å². The summed E-state index contributed by atoms with van der Waals surface area (Å²) in [6, 6.07) is 18.5. The fourth-order valence-corrected chi connectivity index (χ4v) is 1.46. The molecule has 0 aliphatic rings. The van der Waals surface area contributed by atoms with Crippen molar-refractivity contribution in [2.75, 3.05) is 12.4 Å². The fraction of sp³-hybridized carbons (Fsp3) is 0.125. The van der Waals surface area contributed by atoms with E-state index in [0.29, 0.717) is 5.56 Å². The first kappa shape index (κ1) is 15.4. The molecule has 104 valence electrons. The number of para-hydroxylation sites is 1. The molecule has 0 heterocycles. The Labute approximate surface area is 118 Å². The quantitative estimate of drug-likeness (QED) is 0.881. The number of carbonyl (C=O) groups excluding carboxylic acids is 2. The molecule has 2 amide bonds. The molecule has 2 aromatic rings. The van der Waals surface area contributed by atoms with Crippen LogP contribution < -0.4 is 10.6 Å². The van der Waals surface area contributed by atoms with Crippen LogP contribution in [0.25, 0.3) is 0 Å². The van der Waals surface area contributed by atoms with Gasteiger partial charge in [0.1, 0.15) is 0 Å². The first-order valence-corrected chi connectivity index (χ1v) is 6.23. The van der Waals surface area contributed by atoms with Crippen LogP contribution in [0.15, 0.2) is 60.7 Å². The summed E-state index contributed by atoms with van der Waals surface area (Å²) in [6.07, 6.45) is 0. The third-order valence-electron chi connectivity index (χ3n) is 2.36. The van der Waals surface area contributed by atoms with Gasteiger partial charge < -0.3 is 10.6 Å². The van der Waals surface area contributed by atoms with Gasteiger partial charge in [0.25, 0.3) is 5.91 Å². The number of rotatable bonds is 2. The Morgan fingerprint density at radius 2 is 1.35 bits per heavy atom. The maximum Gasteiger partial charge on any atom is 0.251 e. The molecule has 0 aliphatic carbocycles. The van der Waals surface area contributed by atoms with Crippen molar-refractivity contribution in [1.82, 2.24) is 5.32 Å². The fourth-order valence-electron chi connectivity index (χ4n) is 1.46. The molecular formula is C16H18N2O2. The van der Waals surface area contributed by atoms with E-state index in [1.165, 1.54) is 6.92 Å². The summed E-state index contributed by atoms with van der Waals surface area (Å²) < 4.78 is 0. The monoisotopic (exact) mass is 270 g/mol. The molecule has 20 heavy (non-hydrogen) atoms. The lowest BCUT2D eigenvalue weighted by molar-refractivity contribution is -0.114. The summed E-state index contributed by atoms with van der Waals surface area (Å²) in [7, 11) is 1.62. The van der Waals surface area contributed by atoms with Crippen molar-refractivity contribution in [2.24, 2.45) is 0 Å². The van der Waals surface area contributed by atoms with Crippen LogP contribution in [0.1, 0.15) is 17.3 Å². The predicted molar refractivity (Wildman–Crippen MR) is 80.6 cm³/mol. The molecule has 0 saturated heterocycles. The number of benzene rings is 2. The Morgan fingerprint density at radius 1 is 0.850 bits per heavy atom. The molecule has 4 nitrogen and oxygen atoms in total. The van der Waals surface area contributed by atoms with Crippen LogP contribution in [0.3, 0.4) is 0 Å². The lowest BCUT2D eigenvalue weighted by Gasteiger charge is -1.98. The van der Waals surface area contributed by atoms with E-state index < -0.39 is 0 Å². The topological polar surface area (TPSA) is 58.2 Å². The average molecular weight is 270 g/mol. The van der Waals surface area contributed by atoms with Gasteiger partial charge in [-0.2, -0.15) is 0 Å². The molecule has 2 aromatic carbocycles. The molecule has 0 spiro atoms. The van der Waals surface area contributed by atoms with Crippen LogP contribution in [-0.4, -0.2) is 18.9 Å². The zero-order chi connectivity index (χ0) is 14.8. The molecule has 0 saturated carbocycles. The summed E-state index contributed by atoms with van der Waals surface area (Å²) in [6.45, 7) is 1.49. The summed E-state index contributed by atoms with van der Waals surface area (Å²) in [5.41, 5.74) is 1.54. The standard InChI is InChI=1S/2C8H9NO/c1-9-8(10)7-5-3-2-4-6-7;1-7(10)9-8-5-3-2-4-6-8/h2*2-6H,1H3,(H,9,10). The van der Waals surface area contributed by atoms with Crippen molar-refractivity contribution in [3.8, 4) is 0 Å². The maximum absolute atomic E-state index is 10.9. The normalized spacial score (nSPS) is 8.90. The van der Waals surface area contributed by atoms with Gasteiger partial charge in [-0.1, -0.05) is 36.4 Å². The minimum Gasteiger partial charge on any atom is -0.355 e. The first-order valence-electron chi connectivity index (χ1n) is 6.23. The summed E-state index contributed by atoms with van der Waals surface area (Å²) in [4.78, 5) is 21.4. The van der Waals surface area contributed by atoms with Gasteiger partial charge in [0.15, 0.2) is 0 Å². The van der Waals surface area contributed by atoms with Gasteiger partial charge in [-0.25, -0.2) is 0 Å². The van der Waals surface area contributed by atoms with E-state index in [1.54, 1.807) is 19.2 Å². The number of carbonyl (C=O) groups is 2. The SMILES string of the molecule is CC(=O)Nc1ccccc1.CNC(=O)c1ccccc1. The largest absolute Gasteiger partial charge is 0.355 e. The van der Waals surface area contributed by atoms with Crippen LogP contribution in [0.2, 0.25) is 0 Å². The van der Waals surface area contributed by atoms with Crippen LogP contribution >= 0.6 is 0 Å². The second-order valence-corrected chi connectivity index (χ2v) is 3.99. The summed E-state index contributed by atoms with van der Waals surface area (Å²) in [5.74, 6) is -0.0770. The van der Waals surface area contributed by atoms with Gasteiger partial charge in [0.05, 0.1) is 0 Å². The van der Waals surface area contributed by atoms with Crippen LogP contribution in [0, 0.1) is 0 Å². The van der Waals surface area contributed by atoms with Gasteiger partial charge in [-0.05, 0) is 24.3 Å². The van der Waals surface area contributed by atoms with Gasteiger partial charge in [-0.15, -0.1) is 0 Å². The van der Waals surface area contributed by atoms with Gasteiger partial charge >= 0.3 is 0 Å². The van der Waals surface area contributed by atoms with E-state index in [1.807, 2.05) is 48.5 Å². The Kier molecular flexibility index (Phi) is 6.54. The van der Waals surface area contributed by atoms with Crippen molar-refractivity contribution in [3.05, 3.63) is 66.2 Å². The van der Waals surface area contributed by atoms with Crippen molar-refractivity contribution in [1.29, 1.82) is 0 Å². The number of nitrogens with one attached hydrogen (secondary N) is 2. The summed E-state index contributed by atoms with van der Waals surface area (Å²) in [5, 5.41) is 5.21. The molecule has 0 fully saturated rings. The second-order valence-electron chi connectivity index (χ2n) is 3.99. The lowest BCUT2D eigenvalue weighted by atomic mass is 10.2. The molecule has 2 rings (SSSR count). The third kappa shape index (κ3) is 5.82. The molecule has 0 bridgehead atoms. The number of anilines is 1. The van der Waals surface area contributed by atoms with E-state index in [9.17, 15) is 9.59 Å². The molecular weight excluding hydrogens is 252 g/mol. The zero-order valence-corrected chi connectivity index (χ0v) is 11.6. The van der Waals surface area contributed by atoms with E-state index in [0.717, 1.165) is 5.69 Å². The first-order chi connectivity index (χ1) is 9.63. The predicted octanol–water partition coefficient (Wildman–Crippen LogP) is 2.69. The number of hydrogen-bond acceptors (Lipinski definition) is 2. The highest BCUT2D eigenvalue weighted by Gasteiger charge is 1.97. The van der Waals surface area contributed by atoms with Crippen molar-refractivity contribution < 1.29 is 9.59 Å². The molecule has 0 aliphatic heterocycles. The Bertz CT molecular complexity index is 539. The molecule has 0 radical (unpaired) electrons. The Hall–Kier alpha value is -2.62. The molecule has 2 N–H and O–H groups in total. The minimum absolute atomic E-state index is 0.0359. The molecule has 4 heteroatoms. The third-order valence-corrected chi connectivity index (χ3v) is 2.36. The van der Waals surface area contributed by atoms with Crippen molar-refractivity contribution in [2.45, 2.75) is 6.92 Å². The lowest BCUT2D eigenvalue weighted by Crippen LogP contribution is -2.17. The average Bonchev–Trinajstić information content (AvgIpc) is 2.48. The van der Waals surface area contributed by atoms with Crippen molar-refractivity contribution in [3.63, 3.8) is 0 Å². The molecule has 0 atom stereocenters. The minimum atomic E-state index is -0.0411. The van der Waals surface area contributed by atoms with E-state index in [4.69, 9.17) is 0 Å². The number of amides is 2.